The van der Waals surface area contributed by atoms with Crippen LogP contribution in [-0.2, 0) is 14.3 Å². The normalized spacial score (nSPS) is 22.9. The monoisotopic (exact) mass is 270 g/mol. The Morgan fingerprint density at radius 2 is 1.84 bits per heavy atom. The molecule has 0 radical (unpaired) electrons. The van der Waals surface area contributed by atoms with Gasteiger partial charge in [0, 0.05) is 6.42 Å². The number of carbonyl (C=O) groups is 1. The van der Waals surface area contributed by atoms with E-state index in [1.807, 2.05) is 0 Å². The third-order valence-corrected chi connectivity index (χ3v) is 3.53. The van der Waals surface area contributed by atoms with Gasteiger partial charge in [0.05, 0.1) is 12.5 Å². The lowest BCUT2D eigenvalue weighted by Gasteiger charge is -2.35. The summed E-state index contributed by atoms with van der Waals surface area (Å²) in [4.78, 5) is 12.4. The zero-order chi connectivity index (χ0) is 14.7. The quantitative estimate of drug-likeness (QED) is 0.722. The van der Waals surface area contributed by atoms with Crippen molar-refractivity contribution in [2.75, 3.05) is 6.61 Å². The lowest BCUT2D eigenvalue weighted by atomic mass is 9.72. The van der Waals surface area contributed by atoms with E-state index in [0.29, 0.717) is 6.61 Å². The minimum atomic E-state index is -0.328. The molecule has 0 aromatic heterocycles. The molecule has 1 aliphatic heterocycles. The van der Waals surface area contributed by atoms with Gasteiger partial charge in [0.15, 0.2) is 0 Å². The summed E-state index contributed by atoms with van der Waals surface area (Å²) >= 11 is 0. The van der Waals surface area contributed by atoms with E-state index in [0.717, 1.165) is 25.7 Å². The van der Waals surface area contributed by atoms with Crippen LogP contribution >= 0.6 is 0 Å². The second-order valence-electron chi connectivity index (χ2n) is 7.92. The summed E-state index contributed by atoms with van der Waals surface area (Å²) in [7, 11) is 0. The van der Waals surface area contributed by atoms with Gasteiger partial charge in [-0.1, -0.05) is 41.5 Å². The standard InChI is InChI=1S/C16H30O3/c1-15(2,3)11-12(16(4,5)6)14(17)19-13-9-7-8-10-18-13/h12-13H,7-11H2,1-6H3/t12?,13-/m1/s1. The van der Waals surface area contributed by atoms with Crippen molar-refractivity contribution >= 4 is 5.97 Å². The van der Waals surface area contributed by atoms with Crippen LogP contribution in [0.4, 0.5) is 0 Å². The Labute approximate surface area is 118 Å². The molecule has 2 atom stereocenters. The molecule has 0 aromatic carbocycles. The average molecular weight is 270 g/mol. The van der Waals surface area contributed by atoms with Crippen LogP contribution in [-0.4, -0.2) is 18.9 Å². The zero-order valence-corrected chi connectivity index (χ0v) is 13.4. The van der Waals surface area contributed by atoms with E-state index < -0.39 is 0 Å². The topological polar surface area (TPSA) is 35.5 Å². The first kappa shape index (κ1) is 16.5. The number of esters is 1. The van der Waals surface area contributed by atoms with Crippen LogP contribution in [0.2, 0.25) is 0 Å². The van der Waals surface area contributed by atoms with Gasteiger partial charge in [-0.25, -0.2) is 0 Å². The van der Waals surface area contributed by atoms with E-state index in [1.54, 1.807) is 0 Å². The molecule has 19 heavy (non-hydrogen) atoms. The zero-order valence-electron chi connectivity index (χ0n) is 13.4. The molecule has 0 bridgehead atoms. The number of carbonyl (C=O) groups excluding carboxylic acids is 1. The molecule has 0 amide bonds. The highest BCUT2D eigenvalue weighted by atomic mass is 16.7. The van der Waals surface area contributed by atoms with Gasteiger partial charge in [-0.05, 0) is 30.1 Å². The molecule has 1 aliphatic rings. The Hall–Kier alpha value is -0.570. The van der Waals surface area contributed by atoms with Crippen LogP contribution < -0.4 is 0 Å². The maximum atomic E-state index is 12.4. The molecule has 0 aromatic rings. The maximum absolute atomic E-state index is 12.4. The fourth-order valence-electron chi connectivity index (χ4n) is 2.37. The van der Waals surface area contributed by atoms with Crippen molar-refractivity contribution in [3.63, 3.8) is 0 Å². The third-order valence-electron chi connectivity index (χ3n) is 3.53. The summed E-state index contributed by atoms with van der Waals surface area (Å²) in [5.74, 6) is -0.188. The first-order chi connectivity index (χ1) is 8.59. The van der Waals surface area contributed by atoms with Crippen LogP contribution in [0.5, 0.6) is 0 Å². The van der Waals surface area contributed by atoms with Crippen molar-refractivity contribution in [1.82, 2.24) is 0 Å². The molecule has 112 valence electrons. The third kappa shape index (κ3) is 5.94. The predicted molar refractivity (Wildman–Crippen MR) is 76.7 cm³/mol. The van der Waals surface area contributed by atoms with E-state index in [9.17, 15) is 4.79 Å². The fraction of sp³-hybridized carbons (Fsp3) is 0.938. The molecule has 1 saturated heterocycles. The van der Waals surface area contributed by atoms with Crippen molar-refractivity contribution in [2.24, 2.45) is 16.7 Å². The Balaban J connectivity index is 2.66. The molecular weight excluding hydrogens is 240 g/mol. The van der Waals surface area contributed by atoms with Gasteiger partial charge in [0.25, 0.3) is 0 Å². The van der Waals surface area contributed by atoms with Crippen molar-refractivity contribution in [2.45, 2.75) is 73.5 Å². The summed E-state index contributed by atoms with van der Waals surface area (Å²) in [6.07, 6.45) is 3.49. The van der Waals surface area contributed by atoms with Crippen LogP contribution in [0.1, 0.15) is 67.2 Å². The summed E-state index contributed by atoms with van der Waals surface area (Å²) in [5.41, 5.74) is 0.0312. The van der Waals surface area contributed by atoms with Crippen LogP contribution in [0.15, 0.2) is 0 Å². The lowest BCUT2D eigenvalue weighted by molar-refractivity contribution is -0.195. The molecule has 0 aliphatic carbocycles. The molecule has 1 unspecified atom stereocenters. The number of hydrogen-bond acceptors (Lipinski definition) is 3. The smallest absolute Gasteiger partial charge is 0.311 e. The molecule has 1 rings (SSSR count). The van der Waals surface area contributed by atoms with Crippen LogP contribution in [0.25, 0.3) is 0 Å². The molecule has 0 spiro atoms. The number of hydrogen-bond donors (Lipinski definition) is 0. The average Bonchev–Trinajstić information content (AvgIpc) is 2.24. The number of ether oxygens (including phenoxy) is 2. The highest BCUT2D eigenvalue weighted by Crippen LogP contribution is 2.37. The fourth-order valence-corrected chi connectivity index (χ4v) is 2.37. The molecule has 3 nitrogen and oxygen atoms in total. The molecule has 3 heteroatoms. The van der Waals surface area contributed by atoms with Crippen molar-refractivity contribution in [1.29, 1.82) is 0 Å². The minimum absolute atomic E-state index is 0.0843. The summed E-state index contributed by atoms with van der Waals surface area (Å²) in [6, 6.07) is 0. The van der Waals surface area contributed by atoms with Gasteiger partial charge in [-0.3, -0.25) is 4.79 Å². The SMILES string of the molecule is CC(C)(C)CC(C(=O)O[C@@H]1CCCCO1)C(C)(C)C. The highest BCUT2D eigenvalue weighted by Gasteiger charge is 2.37. The first-order valence-electron chi connectivity index (χ1n) is 7.42. The van der Waals surface area contributed by atoms with Crippen molar-refractivity contribution in [3.05, 3.63) is 0 Å². The van der Waals surface area contributed by atoms with Gasteiger partial charge in [0.2, 0.25) is 6.29 Å². The second-order valence-corrected chi connectivity index (χ2v) is 7.92. The lowest BCUT2D eigenvalue weighted by Crippen LogP contribution is -2.37. The molecule has 1 fully saturated rings. The van der Waals surface area contributed by atoms with Gasteiger partial charge in [-0.2, -0.15) is 0 Å². The maximum Gasteiger partial charge on any atom is 0.311 e. The Morgan fingerprint density at radius 3 is 2.26 bits per heavy atom. The van der Waals surface area contributed by atoms with E-state index in [1.165, 1.54) is 0 Å². The van der Waals surface area contributed by atoms with Crippen molar-refractivity contribution < 1.29 is 14.3 Å². The molecule has 0 N–H and O–H groups in total. The van der Waals surface area contributed by atoms with E-state index in [4.69, 9.17) is 9.47 Å². The summed E-state index contributed by atoms with van der Waals surface area (Å²) < 4.78 is 11.1. The Morgan fingerprint density at radius 1 is 1.21 bits per heavy atom. The molecule has 0 saturated carbocycles. The summed E-state index contributed by atoms with van der Waals surface area (Å²) in [5, 5.41) is 0. The first-order valence-corrected chi connectivity index (χ1v) is 7.42. The molecular formula is C16H30O3. The summed E-state index contributed by atoms with van der Waals surface area (Å²) in [6.45, 7) is 13.5. The van der Waals surface area contributed by atoms with Gasteiger partial charge in [-0.15, -0.1) is 0 Å². The van der Waals surface area contributed by atoms with Gasteiger partial charge in [0.1, 0.15) is 0 Å². The second kappa shape index (κ2) is 6.25. The van der Waals surface area contributed by atoms with E-state index in [2.05, 4.69) is 41.5 Å². The Bertz CT molecular complexity index is 290. The minimum Gasteiger partial charge on any atom is -0.436 e. The highest BCUT2D eigenvalue weighted by molar-refractivity contribution is 5.73. The Kier molecular flexibility index (Phi) is 5.43. The predicted octanol–water partition coefficient (Wildman–Crippen LogP) is 4.15. The van der Waals surface area contributed by atoms with Gasteiger partial charge < -0.3 is 9.47 Å². The van der Waals surface area contributed by atoms with Crippen molar-refractivity contribution in [3.8, 4) is 0 Å². The largest absolute Gasteiger partial charge is 0.436 e. The van der Waals surface area contributed by atoms with Gasteiger partial charge >= 0.3 is 5.97 Å². The van der Waals surface area contributed by atoms with Crippen LogP contribution in [0.3, 0.4) is 0 Å². The van der Waals surface area contributed by atoms with Crippen LogP contribution in [0, 0.1) is 16.7 Å². The van der Waals surface area contributed by atoms with E-state index >= 15 is 0 Å². The van der Waals surface area contributed by atoms with E-state index in [-0.39, 0.29) is 29.0 Å². The molecule has 1 heterocycles. The number of rotatable bonds is 3.